The molecule has 3 aromatic rings. The molecule has 0 fully saturated rings. The molecule has 0 bridgehead atoms. The number of allylic oxidation sites excluding steroid dienone is 1. The Morgan fingerprint density at radius 3 is 2.06 bits per heavy atom. The van der Waals surface area contributed by atoms with Gasteiger partial charge in [-0.05, 0) is 55.3 Å². The number of aromatic nitrogens is 1. The molecule has 0 unspecified atom stereocenters. The van der Waals surface area contributed by atoms with E-state index in [0.29, 0.717) is 33.7 Å². The van der Waals surface area contributed by atoms with Crippen LogP contribution in [0.25, 0.3) is 17.5 Å². The van der Waals surface area contributed by atoms with Gasteiger partial charge in [-0.3, -0.25) is 9.36 Å². The van der Waals surface area contributed by atoms with Gasteiger partial charge in [-0.2, -0.15) is 10.5 Å². The van der Waals surface area contributed by atoms with Gasteiger partial charge in [0.2, 0.25) is 0 Å². The van der Waals surface area contributed by atoms with E-state index in [0.717, 1.165) is 16.9 Å². The molecule has 2 aromatic carbocycles. The Bertz CT molecular complexity index is 1520. The summed E-state index contributed by atoms with van der Waals surface area (Å²) >= 11 is 1.19. The molecule has 0 spiro atoms. The molecule has 34 heavy (non-hydrogen) atoms. The molecular formula is C26H22N4O3S. The second-order valence-corrected chi connectivity index (χ2v) is 8.46. The van der Waals surface area contributed by atoms with E-state index in [2.05, 4.69) is 12.1 Å². The lowest BCUT2D eigenvalue weighted by Gasteiger charge is -2.22. The summed E-state index contributed by atoms with van der Waals surface area (Å²) < 4.78 is 13.1. The van der Waals surface area contributed by atoms with Crippen LogP contribution in [0.15, 0.2) is 58.9 Å². The molecule has 7 nitrogen and oxygen atoms in total. The van der Waals surface area contributed by atoms with Crippen molar-refractivity contribution in [3.05, 3.63) is 84.8 Å². The Balaban J connectivity index is 1.90. The zero-order chi connectivity index (χ0) is 24.2. The number of nitriles is 2. The minimum absolute atomic E-state index is 0.0444. The molecule has 1 aliphatic heterocycles. The molecule has 4 rings (SSSR count). The number of fused-ring (bicyclic) bond motifs is 1. The maximum absolute atomic E-state index is 13.2. The zero-order valence-corrected chi connectivity index (χ0v) is 19.6. The highest BCUT2D eigenvalue weighted by Crippen LogP contribution is 2.36. The van der Waals surface area contributed by atoms with Gasteiger partial charge in [-0.15, -0.1) is 11.3 Å². The molecule has 0 amide bonds. The molecule has 1 aliphatic rings. The number of benzene rings is 2. The Morgan fingerprint density at radius 1 is 0.971 bits per heavy atom. The molecule has 0 radical (unpaired) electrons. The summed E-state index contributed by atoms with van der Waals surface area (Å²) in [6, 6.07) is 18.9. The molecule has 2 N–H and O–H groups in total. The standard InChI is InChI=1S/C26H22N4O3S/c1-3-32-18-9-5-16(6-10-18)13-22-25(31)30-24(29)20(14-27)23(21(15-28)26(30)34-22)17-7-11-19(12-8-17)33-4-2/h5-13,23H,3-4,29H2,1-2H3/b22-13+/t23-/m0/s1. The lowest BCUT2D eigenvalue weighted by Crippen LogP contribution is -2.38. The van der Waals surface area contributed by atoms with Crippen molar-refractivity contribution < 1.29 is 9.47 Å². The van der Waals surface area contributed by atoms with Crippen LogP contribution in [-0.4, -0.2) is 17.8 Å². The number of thiazole rings is 1. The summed E-state index contributed by atoms with van der Waals surface area (Å²) in [5.41, 5.74) is 7.98. The SMILES string of the molecule is CCOc1ccc(/C=c2/sc3n(c2=O)C(N)=C(C#N)[C@H](c2ccc(OCC)cc2)C=3C#N)cc1. The van der Waals surface area contributed by atoms with Gasteiger partial charge in [0.1, 0.15) is 22.0 Å². The first-order valence-corrected chi connectivity index (χ1v) is 11.6. The van der Waals surface area contributed by atoms with Crippen LogP contribution >= 0.6 is 11.3 Å². The van der Waals surface area contributed by atoms with Crippen LogP contribution in [0, 0.1) is 22.7 Å². The van der Waals surface area contributed by atoms with Gasteiger partial charge in [0.15, 0.2) is 0 Å². The van der Waals surface area contributed by atoms with E-state index in [4.69, 9.17) is 15.2 Å². The number of rotatable bonds is 6. The summed E-state index contributed by atoms with van der Waals surface area (Å²) in [7, 11) is 0. The van der Waals surface area contributed by atoms with Gasteiger partial charge < -0.3 is 15.2 Å². The van der Waals surface area contributed by atoms with Crippen LogP contribution in [0.5, 0.6) is 11.5 Å². The van der Waals surface area contributed by atoms with Crippen molar-refractivity contribution in [2.75, 3.05) is 13.2 Å². The van der Waals surface area contributed by atoms with Gasteiger partial charge >= 0.3 is 0 Å². The second kappa shape index (κ2) is 9.70. The number of nitrogens with zero attached hydrogens (tertiary/aromatic N) is 3. The fourth-order valence-electron chi connectivity index (χ4n) is 3.89. The van der Waals surface area contributed by atoms with Gasteiger partial charge in [0, 0.05) is 0 Å². The first-order valence-electron chi connectivity index (χ1n) is 10.8. The molecule has 0 saturated carbocycles. The molecule has 1 aromatic heterocycles. The Kier molecular flexibility index (Phi) is 6.53. The monoisotopic (exact) mass is 470 g/mol. The van der Waals surface area contributed by atoms with Gasteiger partial charge in [-0.25, -0.2) is 0 Å². The van der Waals surface area contributed by atoms with Gasteiger partial charge in [0.25, 0.3) is 5.56 Å². The van der Waals surface area contributed by atoms with Crippen molar-refractivity contribution in [3.8, 4) is 23.6 Å². The maximum atomic E-state index is 13.2. The van der Waals surface area contributed by atoms with E-state index >= 15 is 0 Å². The summed E-state index contributed by atoms with van der Waals surface area (Å²) in [5, 5.41) is 20.0. The smallest absolute Gasteiger partial charge is 0.274 e. The predicted octanol–water partition coefficient (Wildman–Crippen LogP) is 2.66. The summed E-state index contributed by atoms with van der Waals surface area (Å²) in [4.78, 5) is 13.2. The van der Waals surface area contributed by atoms with E-state index in [1.165, 1.54) is 15.9 Å². The first kappa shape index (κ1) is 22.9. The molecule has 2 heterocycles. The highest BCUT2D eigenvalue weighted by molar-refractivity contribution is 7.07. The van der Waals surface area contributed by atoms with Crippen molar-refractivity contribution >= 4 is 28.8 Å². The highest BCUT2D eigenvalue weighted by atomic mass is 32.1. The van der Waals surface area contributed by atoms with Crippen molar-refractivity contribution in [1.82, 2.24) is 4.57 Å². The van der Waals surface area contributed by atoms with E-state index in [1.54, 1.807) is 18.2 Å². The average Bonchev–Trinajstić information content (AvgIpc) is 3.17. The van der Waals surface area contributed by atoms with Crippen molar-refractivity contribution in [2.24, 2.45) is 5.73 Å². The Labute approximate surface area is 200 Å². The third-order valence-corrected chi connectivity index (χ3v) is 6.51. The highest BCUT2D eigenvalue weighted by Gasteiger charge is 2.32. The van der Waals surface area contributed by atoms with Crippen LogP contribution in [0.1, 0.15) is 30.9 Å². The molecule has 8 heteroatoms. The van der Waals surface area contributed by atoms with Gasteiger partial charge in [0.05, 0.1) is 46.9 Å². The van der Waals surface area contributed by atoms with Crippen molar-refractivity contribution in [1.29, 1.82) is 10.5 Å². The van der Waals surface area contributed by atoms with E-state index in [9.17, 15) is 15.3 Å². The average molecular weight is 471 g/mol. The largest absolute Gasteiger partial charge is 0.494 e. The second-order valence-electron chi connectivity index (χ2n) is 7.43. The topological polar surface area (TPSA) is 114 Å². The molecule has 0 saturated heterocycles. The van der Waals surface area contributed by atoms with Crippen LogP contribution in [0.4, 0.5) is 0 Å². The third-order valence-electron chi connectivity index (χ3n) is 5.40. The van der Waals surface area contributed by atoms with Crippen LogP contribution in [0.2, 0.25) is 0 Å². The molecule has 0 aliphatic carbocycles. The normalized spacial score (nSPS) is 15.5. The van der Waals surface area contributed by atoms with Crippen LogP contribution in [0.3, 0.4) is 0 Å². The fourth-order valence-corrected chi connectivity index (χ4v) is 5.01. The maximum Gasteiger partial charge on any atom is 0.274 e. The summed E-state index contributed by atoms with van der Waals surface area (Å²) in [6.45, 7) is 4.90. The molecule has 1 atom stereocenters. The van der Waals surface area contributed by atoms with Gasteiger partial charge in [-0.1, -0.05) is 24.3 Å². The lowest BCUT2D eigenvalue weighted by atomic mass is 9.84. The van der Waals surface area contributed by atoms with Crippen molar-refractivity contribution in [3.63, 3.8) is 0 Å². The number of ether oxygens (including phenoxy) is 2. The number of hydrogen-bond acceptors (Lipinski definition) is 7. The van der Waals surface area contributed by atoms with Crippen LogP contribution < -0.4 is 30.0 Å². The third kappa shape index (κ3) is 4.07. The fraction of sp³-hybridized carbons (Fsp3) is 0.192. The quantitative estimate of drug-likeness (QED) is 0.592. The predicted molar refractivity (Wildman–Crippen MR) is 131 cm³/mol. The first-order chi connectivity index (χ1) is 16.5. The van der Waals surface area contributed by atoms with Crippen molar-refractivity contribution in [2.45, 2.75) is 19.8 Å². The van der Waals surface area contributed by atoms with E-state index in [-0.39, 0.29) is 17.0 Å². The molecular weight excluding hydrogens is 448 g/mol. The minimum Gasteiger partial charge on any atom is -0.494 e. The Hall–Kier alpha value is -4.27. The van der Waals surface area contributed by atoms with E-state index in [1.807, 2.05) is 50.2 Å². The summed E-state index contributed by atoms with van der Waals surface area (Å²) in [6.07, 6.45) is 1.74. The lowest BCUT2D eigenvalue weighted by molar-refractivity contribution is 0.340. The molecule has 170 valence electrons. The minimum atomic E-state index is -0.665. The zero-order valence-electron chi connectivity index (χ0n) is 18.7. The number of nitrogens with two attached hydrogens (primary N) is 1. The number of hydrogen-bond donors (Lipinski definition) is 1. The van der Waals surface area contributed by atoms with E-state index < -0.39 is 5.92 Å². The summed E-state index contributed by atoms with van der Waals surface area (Å²) in [5.74, 6) is 0.812. The Morgan fingerprint density at radius 2 is 1.53 bits per heavy atom. The van der Waals surface area contributed by atoms with Crippen LogP contribution in [-0.2, 0) is 0 Å².